The fourth-order valence-corrected chi connectivity index (χ4v) is 1.88. The molecule has 4 nitrogen and oxygen atoms in total. The summed E-state index contributed by atoms with van der Waals surface area (Å²) in [5, 5.41) is 8.67. The zero-order valence-electron chi connectivity index (χ0n) is 5.52. The van der Waals surface area contributed by atoms with Crippen molar-refractivity contribution >= 4 is 11.3 Å². The molecule has 1 rings (SSSR count). The van der Waals surface area contributed by atoms with E-state index < -0.39 is 11.3 Å². The van der Waals surface area contributed by atoms with Gasteiger partial charge in [0.25, 0.3) is 0 Å². The van der Waals surface area contributed by atoms with Gasteiger partial charge < -0.3 is 9.66 Å². The van der Waals surface area contributed by atoms with E-state index in [1.807, 2.05) is 0 Å². The molecule has 60 valence electrons. The van der Waals surface area contributed by atoms with Crippen LogP contribution < -0.4 is 0 Å². The van der Waals surface area contributed by atoms with Crippen LogP contribution in [0, 0.1) is 0 Å². The fourth-order valence-electron chi connectivity index (χ4n) is 1.19. The minimum atomic E-state index is -2.15. The summed E-state index contributed by atoms with van der Waals surface area (Å²) in [6, 6.07) is -0.168. The van der Waals surface area contributed by atoms with Crippen LogP contribution in [0.2, 0.25) is 0 Å². The molecule has 1 aliphatic rings. The predicted molar refractivity (Wildman–Crippen MR) is 35.7 cm³/mol. The van der Waals surface area contributed by atoms with E-state index >= 15 is 0 Å². The number of aliphatic hydroxyl groups is 1. The summed E-state index contributed by atoms with van der Waals surface area (Å²) in [7, 11) is 0. The number of hydrogen-bond acceptors (Lipinski definition) is 3. The Morgan fingerprint density at radius 1 is 1.80 bits per heavy atom. The van der Waals surface area contributed by atoms with Crippen molar-refractivity contribution in [2.75, 3.05) is 13.2 Å². The second kappa shape index (κ2) is 3.43. The van der Waals surface area contributed by atoms with Crippen LogP contribution in [0.15, 0.2) is 0 Å². The molecule has 1 fully saturated rings. The Morgan fingerprint density at radius 2 is 2.50 bits per heavy atom. The molecular weight excluding hydrogens is 154 g/mol. The number of aliphatic hydroxyl groups excluding tert-OH is 1. The first-order chi connectivity index (χ1) is 4.75. The molecule has 0 aliphatic carbocycles. The van der Waals surface area contributed by atoms with E-state index in [9.17, 15) is 8.76 Å². The number of rotatable bonds is 2. The lowest BCUT2D eigenvalue weighted by Crippen LogP contribution is -2.33. The van der Waals surface area contributed by atoms with Crippen molar-refractivity contribution in [2.45, 2.75) is 18.9 Å². The molecule has 0 aromatic carbocycles. The Kier molecular flexibility index (Phi) is 2.79. The van der Waals surface area contributed by atoms with E-state index in [4.69, 9.17) is 5.11 Å². The predicted octanol–water partition coefficient (Wildman–Crippen LogP) is -0.763. The van der Waals surface area contributed by atoms with Gasteiger partial charge in [0.1, 0.15) is 0 Å². The van der Waals surface area contributed by atoms with Gasteiger partial charge in [-0.15, -0.1) is 0 Å². The maximum atomic E-state index is 10.4. The van der Waals surface area contributed by atoms with E-state index in [1.165, 1.54) is 4.31 Å². The average molecular weight is 164 g/mol. The SMILES string of the molecule is O=S([O-])N1CCCC1CO. The topological polar surface area (TPSA) is 63.6 Å². The van der Waals surface area contributed by atoms with E-state index in [0.29, 0.717) is 6.54 Å². The Balaban J connectivity index is 2.50. The third-order valence-corrected chi connectivity index (χ3v) is 2.59. The molecule has 2 unspecified atom stereocenters. The van der Waals surface area contributed by atoms with Crippen LogP contribution >= 0.6 is 0 Å². The van der Waals surface area contributed by atoms with Crippen LogP contribution in [-0.2, 0) is 11.3 Å². The second-order valence-corrected chi connectivity index (χ2v) is 3.24. The highest BCUT2D eigenvalue weighted by Crippen LogP contribution is 2.16. The van der Waals surface area contributed by atoms with Crippen LogP contribution in [0.4, 0.5) is 0 Å². The lowest BCUT2D eigenvalue weighted by atomic mass is 10.2. The highest BCUT2D eigenvalue weighted by Gasteiger charge is 2.23. The molecule has 0 aromatic rings. The summed E-state index contributed by atoms with van der Waals surface area (Å²) in [5.41, 5.74) is 0. The van der Waals surface area contributed by atoms with Crippen LogP contribution in [0.1, 0.15) is 12.8 Å². The van der Waals surface area contributed by atoms with E-state index in [-0.39, 0.29) is 12.6 Å². The summed E-state index contributed by atoms with van der Waals surface area (Å²) >= 11 is -2.15. The van der Waals surface area contributed by atoms with Gasteiger partial charge in [-0.2, -0.15) is 0 Å². The van der Waals surface area contributed by atoms with Crippen molar-refractivity contribution in [3.05, 3.63) is 0 Å². The Bertz CT molecular complexity index is 141. The molecule has 0 aromatic heterocycles. The summed E-state index contributed by atoms with van der Waals surface area (Å²) in [5.74, 6) is 0. The quantitative estimate of drug-likeness (QED) is 0.545. The van der Waals surface area contributed by atoms with Crippen molar-refractivity contribution < 1.29 is 13.9 Å². The van der Waals surface area contributed by atoms with Gasteiger partial charge in [0.2, 0.25) is 0 Å². The van der Waals surface area contributed by atoms with Gasteiger partial charge >= 0.3 is 0 Å². The molecule has 1 saturated heterocycles. The van der Waals surface area contributed by atoms with E-state index in [0.717, 1.165) is 12.8 Å². The molecule has 5 heteroatoms. The van der Waals surface area contributed by atoms with Crippen molar-refractivity contribution in [1.29, 1.82) is 0 Å². The maximum absolute atomic E-state index is 10.4. The van der Waals surface area contributed by atoms with Gasteiger partial charge in [-0.05, 0) is 12.8 Å². The highest BCUT2D eigenvalue weighted by molar-refractivity contribution is 7.76. The number of nitrogens with zero attached hydrogens (tertiary/aromatic N) is 1. The van der Waals surface area contributed by atoms with E-state index in [1.54, 1.807) is 0 Å². The Labute approximate surface area is 62.3 Å². The first-order valence-corrected chi connectivity index (χ1v) is 4.25. The van der Waals surface area contributed by atoms with Crippen molar-refractivity contribution in [3.63, 3.8) is 0 Å². The monoisotopic (exact) mass is 164 g/mol. The minimum absolute atomic E-state index is 0.0615. The molecule has 1 N–H and O–H groups in total. The minimum Gasteiger partial charge on any atom is -0.760 e. The third-order valence-electron chi connectivity index (χ3n) is 1.73. The van der Waals surface area contributed by atoms with Gasteiger partial charge in [0, 0.05) is 23.9 Å². The normalized spacial score (nSPS) is 30.8. The molecule has 0 spiro atoms. The maximum Gasteiger partial charge on any atom is 0.0596 e. The number of hydrogen-bond donors (Lipinski definition) is 1. The highest BCUT2D eigenvalue weighted by atomic mass is 32.2. The first-order valence-electron chi connectivity index (χ1n) is 3.22. The molecule has 0 bridgehead atoms. The Morgan fingerprint density at radius 3 is 2.90 bits per heavy atom. The van der Waals surface area contributed by atoms with Gasteiger partial charge in [-0.1, -0.05) is 0 Å². The average Bonchev–Trinajstić information content (AvgIpc) is 2.33. The summed E-state index contributed by atoms with van der Waals surface area (Å²) in [6.45, 7) is 0.495. The summed E-state index contributed by atoms with van der Waals surface area (Å²) in [6.07, 6.45) is 1.64. The van der Waals surface area contributed by atoms with Crippen molar-refractivity contribution in [2.24, 2.45) is 0 Å². The van der Waals surface area contributed by atoms with E-state index in [2.05, 4.69) is 0 Å². The van der Waals surface area contributed by atoms with Crippen LogP contribution in [0.3, 0.4) is 0 Å². The van der Waals surface area contributed by atoms with Crippen LogP contribution in [0.5, 0.6) is 0 Å². The molecule has 1 aliphatic heterocycles. The lowest BCUT2D eigenvalue weighted by Gasteiger charge is -2.23. The summed E-state index contributed by atoms with van der Waals surface area (Å²) in [4.78, 5) is 0. The molecule has 0 radical (unpaired) electrons. The second-order valence-electron chi connectivity index (χ2n) is 2.34. The largest absolute Gasteiger partial charge is 0.760 e. The van der Waals surface area contributed by atoms with Crippen LogP contribution in [0.25, 0.3) is 0 Å². The Hall–Kier alpha value is 0.0300. The fraction of sp³-hybridized carbons (Fsp3) is 1.00. The molecule has 0 amide bonds. The van der Waals surface area contributed by atoms with Crippen LogP contribution in [-0.4, -0.2) is 37.4 Å². The molecule has 2 atom stereocenters. The molecular formula is C5H10NO3S-. The molecule has 1 heterocycles. The van der Waals surface area contributed by atoms with Gasteiger partial charge in [0.05, 0.1) is 6.61 Å². The third kappa shape index (κ3) is 1.54. The van der Waals surface area contributed by atoms with Crippen molar-refractivity contribution in [3.8, 4) is 0 Å². The zero-order chi connectivity index (χ0) is 7.56. The van der Waals surface area contributed by atoms with Gasteiger partial charge in [-0.25, -0.2) is 4.31 Å². The molecule has 10 heavy (non-hydrogen) atoms. The van der Waals surface area contributed by atoms with Gasteiger partial charge in [-0.3, -0.25) is 4.21 Å². The lowest BCUT2D eigenvalue weighted by molar-refractivity contribution is 0.211. The molecule has 0 saturated carbocycles. The smallest absolute Gasteiger partial charge is 0.0596 e. The standard InChI is InChI=1S/C5H11NO3S/c7-4-5-2-1-3-6(5)10(8)9/h5,7H,1-4H2,(H,8,9)/p-1. The first kappa shape index (κ1) is 8.13. The zero-order valence-corrected chi connectivity index (χ0v) is 6.34. The summed E-state index contributed by atoms with van der Waals surface area (Å²) < 4.78 is 22.1. The van der Waals surface area contributed by atoms with Gasteiger partial charge in [0.15, 0.2) is 0 Å². The van der Waals surface area contributed by atoms with Crippen molar-refractivity contribution in [1.82, 2.24) is 4.31 Å².